The Bertz CT molecular complexity index is 461. The number of aliphatic carboxylic acids is 2. The third kappa shape index (κ3) is 52.4. The van der Waals surface area contributed by atoms with Crippen LogP contribution in [0.3, 0.4) is 0 Å². The van der Waals surface area contributed by atoms with Crippen molar-refractivity contribution in [2.75, 3.05) is 0 Å². The summed E-state index contributed by atoms with van der Waals surface area (Å²) >= 11 is 0. The van der Waals surface area contributed by atoms with Crippen LogP contribution in [0.5, 0.6) is 0 Å². The zero-order valence-corrected chi connectivity index (χ0v) is 29.8. The molecule has 0 aliphatic heterocycles. The van der Waals surface area contributed by atoms with E-state index >= 15 is 0 Å². The number of carboxylic acid groups (broad SMARTS) is 2. The Morgan fingerprint density at radius 3 is 0.619 bits per heavy atom. The van der Waals surface area contributed by atoms with E-state index in [0.717, 1.165) is 25.7 Å². The van der Waals surface area contributed by atoms with Crippen LogP contribution in [0.25, 0.3) is 0 Å². The van der Waals surface area contributed by atoms with Crippen molar-refractivity contribution in [3.63, 3.8) is 0 Å². The predicted octanol–water partition coefficient (Wildman–Crippen LogP) is 13.1. The molecule has 0 unspecified atom stereocenters. The second-order valence-electron chi connectivity index (χ2n) is 12.2. The fourth-order valence-corrected chi connectivity index (χ4v) is 5.30. The van der Waals surface area contributed by atoms with Crippen molar-refractivity contribution in [2.24, 2.45) is 0 Å². The fourth-order valence-electron chi connectivity index (χ4n) is 5.30. The van der Waals surface area contributed by atoms with Crippen LogP contribution in [0, 0.1) is 0 Å². The Labute approximate surface area is 279 Å². The number of hydrogen-bond acceptors (Lipinski definition) is 2. The first-order valence-electron chi connectivity index (χ1n) is 18.0. The van der Waals surface area contributed by atoms with Crippen LogP contribution >= 0.6 is 12.4 Å². The van der Waals surface area contributed by atoms with E-state index in [2.05, 4.69) is 13.8 Å². The average molecular weight is 669 g/mol. The van der Waals surface area contributed by atoms with Gasteiger partial charge in [0.2, 0.25) is 0 Å². The van der Waals surface area contributed by atoms with Crippen LogP contribution in [-0.4, -0.2) is 22.2 Å². The SMILES string of the molecule is CCCCCCCCCCCCCCCCCC(=O)O.CCCCCCCCCCCCCCCCCC(=O)O.Cl.[Cu]. The maximum Gasteiger partial charge on any atom is 0.303 e. The van der Waals surface area contributed by atoms with E-state index in [0.29, 0.717) is 12.8 Å². The smallest absolute Gasteiger partial charge is 0.303 e. The number of carbonyl (C=O) groups is 2. The van der Waals surface area contributed by atoms with Crippen molar-refractivity contribution in [1.29, 1.82) is 0 Å². The van der Waals surface area contributed by atoms with Crippen molar-refractivity contribution >= 4 is 24.3 Å². The molecule has 0 aromatic carbocycles. The standard InChI is InChI=1S/2C18H36O2.ClH.Cu/c2*1-2-3-4-5-6-7-8-9-10-11-12-13-14-15-16-17-18(19)20;;/h2*2-17H2,1H3,(H,19,20);1H;. The van der Waals surface area contributed by atoms with Gasteiger partial charge in [-0.3, -0.25) is 9.59 Å². The molecule has 0 fully saturated rings. The first kappa shape index (κ1) is 48.6. The molecule has 0 aromatic rings. The third-order valence-electron chi connectivity index (χ3n) is 7.99. The Morgan fingerprint density at radius 1 is 0.333 bits per heavy atom. The summed E-state index contributed by atoms with van der Waals surface area (Å²) in [6, 6.07) is 0. The molecule has 6 heteroatoms. The zero-order chi connectivity index (χ0) is 29.8. The molecule has 0 atom stereocenters. The number of hydrogen-bond donors (Lipinski definition) is 2. The molecule has 0 aromatic heterocycles. The van der Waals surface area contributed by atoms with Gasteiger partial charge in [0.15, 0.2) is 0 Å². The van der Waals surface area contributed by atoms with E-state index in [1.807, 2.05) is 0 Å². The third-order valence-corrected chi connectivity index (χ3v) is 7.99. The summed E-state index contributed by atoms with van der Waals surface area (Å²) in [5.41, 5.74) is 0. The molecular formula is C36H73ClCuO4. The molecule has 42 heavy (non-hydrogen) atoms. The summed E-state index contributed by atoms with van der Waals surface area (Å²) in [5.74, 6) is -1.31. The van der Waals surface area contributed by atoms with Gasteiger partial charge in [0.25, 0.3) is 0 Å². The summed E-state index contributed by atoms with van der Waals surface area (Å²) in [5, 5.41) is 17.0. The van der Waals surface area contributed by atoms with E-state index < -0.39 is 11.9 Å². The Morgan fingerprint density at radius 2 is 0.476 bits per heavy atom. The van der Waals surface area contributed by atoms with E-state index in [1.165, 1.54) is 167 Å². The Kier molecular flexibility index (Phi) is 52.3. The topological polar surface area (TPSA) is 74.6 Å². The molecule has 0 aliphatic carbocycles. The molecule has 0 spiro atoms. The van der Waals surface area contributed by atoms with Gasteiger partial charge in [0.1, 0.15) is 0 Å². The fraction of sp³-hybridized carbons (Fsp3) is 0.944. The van der Waals surface area contributed by atoms with E-state index in [1.54, 1.807) is 0 Å². The molecule has 2 N–H and O–H groups in total. The monoisotopic (exact) mass is 667 g/mol. The van der Waals surface area contributed by atoms with E-state index in [4.69, 9.17) is 10.2 Å². The van der Waals surface area contributed by atoms with Crippen LogP contribution in [0.4, 0.5) is 0 Å². The second kappa shape index (κ2) is 45.2. The average Bonchev–Trinajstić information content (AvgIpc) is 2.93. The molecule has 0 heterocycles. The summed E-state index contributed by atoms with van der Waals surface area (Å²) in [6.45, 7) is 4.54. The summed E-state index contributed by atoms with van der Waals surface area (Å²) in [6.07, 6.45) is 40.4. The molecule has 0 bridgehead atoms. The van der Waals surface area contributed by atoms with Gasteiger partial charge in [-0.25, -0.2) is 0 Å². The first-order chi connectivity index (χ1) is 19.5. The van der Waals surface area contributed by atoms with E-state index in [9.17, 15) is 9.59 Å². The number of carboxylic acids is 2. The molecule has 4 nitrogen and oxygen atoms in total. The van der Waals surface area contributed by atoms with Gasteiger partial charge >= 0.3 is 11.9 Å². The van der Waals surface area contributed by atoms with Crippen molar-refractivity contribution in [2.45, 2.75) is 219 Å². The normalized spacial score (nSPS) is 10.3. The van der Waals surface area contributed by atoms with Crippen LogP contribution in [-0.2, 0) is 26.7 Å². The van der Waals surface area contributed by atoms with Gasteiger partial charge < -0.3 is 10.2 Å². The van der Waals surface area contributed by atoms with Crippen LogP contribution in [0.15, 0.2) is 0 Å². The maximum absolute atomic E-state index is 10.3. The summed E-state index contributed by atoms with van der Waals surface area (Å²) in [4.78, 5) is 20.7. The molecule has 259 valence electrons. The van der Waals surface area contributed by atoms with Gasteiger partial charge in [0, 0.05) is 29.9 Å². The summed E-state index contributed by atoms with van der Waals surface area (Å²) in [7, 11) is 0. The van der Waals surface area contributed by atoms with Crippen molar-refractivity contribution in [3.05, 3.63) is 0 Å². The van der Waals surface area contributed by atoms with Crippen molar-refractivity contribution in [1.82, 2.24) is 0 Å². The van der Waals surface area contributed by atoms with E-state index in [-0.39, 0.29) is 29.5 Å². The van der Waals surface area contributed by atoms with Gasteiger partial charge in [-0.05, 0) is 12.8 Å². The zero-order valence-electron chi connectivity index (χ0n) is 28.0. The first-order valence-corrected chi connectivity index (χ1v) is 18.0. The molecule has 0 saturated heterocycles. The van der Waals surface area contributed by atoms with Gasteiger partial charge in [-0.15, -0.1) is 12.4 Å². The largest absolute Gasteiger partial charge is 0.481 e. The number of rotatable bonds is 32. The van der Waals surface area contributed by atoms with Crippen LogP contribution in [0.2, 0.25) is 0 Å². The number of halogens is 1. The van der Waals surface area contributed by atoms with Crippen LogP contribution < -0.4 is 0 Å². The minimum Gasteiger partial charge on any atom is -0.481 e. The summed E-state index contributed by atoms with van der Waals surface area (Å²) < 4.78 is 0. The molecule has 1 radical (unpaired) electrons. The van der Waals surface area contributed by atoms with Crippen LogP contribution in [0.1, 0.15) is 219 Å². The predicted molar refractivity (Wildman–Crippen MR) is 182 cm³/mol. The minimum atomic E-state index is -0.653. The Balaban J connectivity index is -0.000000328. The Hall–Kier alpha value is -0.251. The molecule has 0 amide bonds. The van der Waals surface area contributed by atoms with Gasteiger partial charge in [-0.1, -0.05) is 194 Å². The maximum atomic E-state index is 10.3. The minimum absolute atomic E-state index is 0. The van der Waals surface area contributed by atoms with Crippen molar-refractivity contribution in [3.8, 4) is 0 Å². The van der Waals surface area contributed by atoms with Gasteiger partial charge in [-0.2, -0.15) is 0 Å². The molecular weight excluding hydrogens is 595 g/mol. The molecule has 0 saturated carbocycles. The quantitative estimate of drug-likeness (QED) is 0.0552. The van der Waals surface area contributed by atoms with Crippen molar-refractivity contribution < 1.29 is 36.9 Å². The second-order valence-corrected chi connectivity index (χ2v) is 12.2. The molecule has 0 aliphatic rings. The number of unbranched alkanes of at least 4 members (excludes halogenated alkanes) is 28. The molecule has 0 rings (SSSR count). The van der Waals surface area contributed by atoms with Gasteiger partial charge in [0.05, 0.1) is 0 Å².